The summed E-state index contributed by atoms with van der Waals surface area (Å²) in [5, 5.41) is 10.6. The van der Waals surface area contributed by atoms with E-state index >= 15 is 0 Å². The molecule has 0 spiro atoms. The van der Waals surface area contributed by atoms with Crippen molar-refractivity contribution < 1.29 is 80.2 Å². The monoisotopic (exact) mass is 1370 g/mol. The molecule has 2 unspecified atom stereocenters. The fraction of sp³-hybridized carbons (Fsp3) is 0.946. The third kappa shape index (κ3) is 68.4. The summed E-state index contributed by atoms with van der Waals surface area (Å²) in [5.41, 5.74) is 0. The van der Waals surface area contributed by atoms with Gasteiger partial charge in [-0.1, -0.05) is 330 Å². The molecule has 0 radical (unpaired) electrons. The standard InChI is InChI=1S/C74H144O17P2/c1-7-9-11-13-15-16-17-18-19-20-21-22-23-24-25-26-27-32-35-39-46-52-58-73(78)90-69(63-85-72(77)57-51-45-38-34-31-29-28-30-33-37-42-48-54-66(3)4)64-88-92(80,81)86-60-68(75)61-87-93(82,83)89-65-70(62-84-71(76)56-50-44-36-14-12-10-8-2)91-74(79)59-53-47-41-40-43-49-55-67(5)6/h66-70,75H,7-65H2,1-6H3,(H,80,81)(H,82,83)/t68-,69-,70-/m1/s1. The van der Waals surface area contributed by atoms with Crippen molar-refractivity contribution in [1.29, 1.82) is 0 Å². The van der Waals surface area contributed by atoms with E-state index in [9.17, 15) is 43.2 Å². The van der Waals surface area contributed by atoms with Crippen LogP contribution in [0.4, 0.5) is 0 Å². The van der Waals surface area contributed by atoms with Gasteiger partial charge in [0.15, 0.2) is 12.2 Å². The van der Waals surface area contributed by atoms with Crippen molar-refractivity contribution in [2.24, 2.45) is 11.8 Å². The second-order valence-corrected chi connectivity index (χ2v) is 30.5. The highest BCUT2D eigenvalue weighted by Gasteiger charge is 2.30. The van der Waals surface area contributed by atoms with Gasteiger partial charge >= 0.3 is 39.5 Å². The van der Waals surface area contributed by atoms with Crippen LogP contribution >= 0.6 is 15.6 Å². The molecule has 0 fully saturated rings. The van der Waals surface area contributed by atoms with Crippen molar-refractivity contribution in [2.75, 3.05) is 39.6 Å². The molecule has 0 aliphatic rings. The van der Waals surface area contributed by atoms with Crippen molar-refractivity contribution >= 4 is 39.5 Å². The van der Waals surface area contributed by atoms with Crippen molar-refractivity contribution in [2.45, 2.75) is 400 Å². The quantitative estimate of drug-likeness (QED) is 0.0222. The predicted molar refractivity (Wildman–Crippen MR) is 377 cm³/mol. The van der Waals surface area contributed by atoms with Crippen molar-refractivity contribution in [3.8, 4) is 0 Å². The van der Waals surface area contributed by atoms with E-state index in [1.807, 2.05) is 0 Å². The lowest BCUT2D eigenvalue weighted by Gasteiger charge is -2.21. The first-order valence-corrected chi connectivity index (χ1v) is 41.5. The molecule has 17 nitrogen and oxygen atoms in total. The van der Waals surface area contributed by atoms with Gasteiger partial charge in [0.25, 0.3) is 0 Å². The molecular weight excluding hydrogens is 1220 g/mol. The molecule has 552 valence electrons. The normalized spacial score (nSPS) is 14.1. The number of carbonyl (C=O) groups is 4. The van der Waals surface area contributed by atoms with Crippen LogP contribution in [0.2, 0.25) is 0 Å². The molecule has 0 aliphatic heterocycles. The Hall–Kier alpha value is -1.94. The molecule has 0 bridgehead atoms. The molecule has 5 atom stereocenters. The molecule has 0 saturated heterocycles. The summed E-state index contributed by atoms with van der Waals surface area (Å²) < 4.78 is 68.2. The predicted octanol–water partition coefficient (Wildman–Crippen LogP) is 21.6. The maximum absolute atomic E-state index is 13.1. The van der Waals surface area contributed by atoms with E-state index < -0.39 is 97.5 Å². The minimum absolute atomic E-state index is 0.102. The Morgan fingerprint density at radius 3 is 0.731 bits per heavy atom. The third-order valence-corrected chi connectivity index (χ3v) is 19.1. The van der Waals surface area contributed by atoms with Crippen LogP contribution in [0, 0.1) is 11.8 Å². The first-order chi connectivity index (χ1) is 44.9. The number of carbonyl (C=O) groups excluding carboxylic acids is 4. The highest BCUT2D eigenvalue weighted by Crippen LogP contribution is 2.45. The summed E-state index contributed by atoms with van der Waals surface area (Å²) in [6, 6.07) is 0. The zero-order chi connectivity index (χ0) is 68.6. The van der Waals surface area contributed by atoms with Crippen molar-refractivity contribution in [1.82, 2.24) is 0 Å². The van der Waals surface area contributed by atoms with Crippen LogP contribution in [-0.2, 0) is 65.4 Å². The van der Waals surface area contributed by atoms with Gasteiger partial charge in [-0.3, -0.25) is 37.3 Å². The van der Waals surface area contributed by atoms with Crippen LogP contribution in [0.5, 0.6) is 0 Å². The third-order valence-electron chi connectivity index (χ3n) is 17.2. The number of phosphoric acid groups is 2. The molecule has 0 aromatic heterocycles. The maximum atomic E-state index is 13.1. The van der Waals surface area contributed by atoms with Gasteiger partial charge in [0.1, 0.15) is 19.3 Å². The van der Waals surface area contributed by atoms with E-state index in [2.05, 4.69) is 41.5 Å². The number of unbranched alkanes of at least 4 members (excludes halogenated alkanes) is 43. The SMILES string of the molecule is CCCCCCCCCCCCCCCCCCCCCCCCC(=O)O[C@H](COC(=O)CCCCCCCCCCCCCCC(C)C)COP(=O)(O)OC[C@@H](O)COP(=O)(O)OC[C@@H](COC(=O)CCCCCCCCC)OC(=O)CCCCCCCCC(C)C. The molecule has 3 N–H and O–H groups in total. The van der Waals surface area contributed by atoms with E-state index in [4.69, 9.17) is 37.0 Å². The largest absolute Gasteiger partial charge is 0.472 e. The number of aliphatic hydroxyl groups is 1. The molecule has 0 rings (SSSR count). The number of hydrogen-bond acceptors (Lipinski definition) is 15. The Balaban J connectivity index is 5.13. The molecule has 0 aromatic carbocycles. The maximum Gasteiger partial charge on any atom is 0.472 e. The fourth-order valence-corrected chi connectivity index (χ4v) is 12.9. The first kappa shape index (κ1) is 91.1. The molecular formula is C74H144O17P2. The molecule has 19 heteroatoms. The first-order valence-electron chi connectivity index (χ1n) is 38.5. The Morgan fingerprint density at radius 1 is 0.290 bits per heavy atom. The fourth-order valence-electron chi connectivity index (χ4n) is 11.3. The molecule has 0 aliphatic carbocycles. The van der Waals surface area contributed by atoms with Gasteiger partial charge in [-0.05, 0) is 37.5 Å². The van der Waals surface area contributed by atoms with E-state index in [1.54, 1.807) is 0 Å². The second-order valence-electron chi connectivity index (χ2n) is 27.6. The summed E-state index contributed by atoms with van der Waals surface area (Å²) in [5.74, 6) is -0.678. The summed E-state index contributed by atoms with van der Waals surface area (Å²) in [6.07, 6.45) is 53.3. The van der Waals surface area contributed by atoms with E-state index in [0.717, 1.165) is 109 Å². The number of phosphoric ester groups is 2. The molecule has 0 heterocycles. The zero-order valence-corrected chi connectivity index (χ0v) is 62.3. The van der Waals surface area contributed by atoms with E-state index in [0.29, 0.717) is 31.6 Å². The highest BCUT2D eigenvalue weighted by atomic mass is 31.2. The van der Waals surface area contributed by atoms with Crippen LogP contribution < -0.4 is 0 Å². The van der Waals surface area contributed by atoms with Crippen LogP contribution in [0.1, 0.15) is 382 Å². The van der Waals surface area contributed by atoms with Gasteiger partial charge in [-0.15, -0.1) is 0 Å². The van der Waals surface area contributed by atoms with Gasteiger partial charge in [0, 0.05) is 25.7 Å². The second kappa shape index (κ2) is 66.0. The number of ether oxygens (including phenoxy) is 4. The summed E-state index contributed by atoms with van der Waals surface area (Å²) in [7, 11) is -9.90. The number of rotatable bonds is 73. The smallest absolute Gasteiger partial charge is 0.462 e. The van der Waals surface area contributed by atoms with Gasteiger partial charge in [0.2, 0.25) is 0 Å². The average Bonchev–Trinajstić information content (AvgIpc) is 2.84. The molecule has 0 saturated carbocycles. The van der Waals surface area contributed by atoms with Crippen molar-refractivity contribution in [3.05, 3.63) is 0 Å². The zero-order valence-electron chi connectivity index (χ0n) is 60.6. The minimum atomic E-state index is -4.95. The lowest BCUT2D eigenvalue weighted by atomic mass is 10.0. The lowest BCUT2D eigenvalue weighted by Crippen LogP contribution is -2.30. The van der Waals surface area contributed by atoms with Crippen LogP contribution in [-0.4, -0.2) is 96.7 Å². The van der Waals surface area contributed by atoms with Crippen LogP contribution in [0.3, 0.4) is 0 Å². The molecule has 0 amide bonds. The number of aliphatic hydroxyl groups excluding tert-OH is 1. The highest BCUT2D eigenvalue weighted by molar-refractivity contribution is 7.47. The van der Waals surface area contributed by atoms with Gasteiger partial charge in [0.05, 0.1) is 26.4 Å². The van der Waals surface area contributed by atoms with Crippen LogP contribution in [0.15, 0.2) is 0 Å². The number of esters is 4. The van der Waals surface area contributed by atoms with Gasteiger partial charge in [-0.25, -0.2) is 9.13 Å². The topological polar surface area (TPSA) is 237 Å². The minimum Gasteiger partial charge on any atom is -0.462 e. The summed E-state index contributed by atoms with van der Waals surface area (Å²) >= 11 is 0. The Bertz CT molecular complexity index is 1800. The van der Waals surface area contributed by atoms with Gasteiger partial charge in [-0.2, -0.15) is 0 Å². The summed E-state index contributed by atoms with van der Waals surface area (Å²) in [4.78, 5) is 72.5. The Morgan fingerprint density at radius 2 is 0.495 bits per heavy atom. The van der Waals surface area contributed by atoms with E-state index in [-0.39, 0.29) is 25.7 Å². The van der Waals surface area contributed by atoms with Crippen molar-refractivity contribution in [3.63, 3.8) is 0 Å². The van der Waals surface area contributed by atoms with E-state index in [1.165, 1.54) is 186 Å². The average molecular weight is 1370 g/mol. The lowest BCUT2D eigenvalue weighted by molar-refractivity contribution is -0.161. The Labute approximate surface area is 568 Å². The summed E-state index contributed by atoms with van der Waals surface area (Å²) in [6.45, 7) is 9.45. The molecule has 0 aromatic rings. The van der Waals surface area contributed by atoms with Crippen LogP contribution in [0.25, 0.3) is 0 Å². The Kier molecular flexibility index (Phi) is 64.6. The van der Waals surface area contributed by atoms with Gasteiger partial charge < -0.3 is 33.8 Å². The molecule has 93 heavy (non-hydrogen) atoms. The number of hydrogen-bond donors (Lipinski definition) is 3.